The number of ketones is 1. The molecule has 0 aliphatic heterocycles. The van der Waals surface area contributed by atoms with Crippen molar-refractivity contribution in [3.05, 3.63) is 81.2 Å². The van der Waals surface area contributed by atoms with Gasteiger partial charge >= 0.3 is 10.3 Å². The van der Waals surface area contributed by atoms with Crippen molar-refractivity contribution in [2.75, 3.05) is 6.61 Å². The summed E-state index contributed by atoms with van der Waals surface area (Å²) >= 11 is 3.45. The quantitative estimate of drug-likeness (QED) is 0.366. The van der Waals surface area contributed by atoms with Crippen LogP contribution in [0, 0.1) is 18.8 Å². The van der Waals surface area contributed by atoms with Gasteiger partial charge in [0.25, 0.3) is 0 Å². The number of aryl methyl sites for hydroxylation is 1. The van der Waals surface area contributed by atoms with E-state index in [4.69, 9.17) is 9.56 Å². The summed E-state index contributed by atoms with van der Waals surface area (Å²) in [5, 5.41) is 15.1. The Morgan fingerprint density at radius 3 is 2.83 bits per heavy atom. The van der Waals surface area contributed by atoms with E-state index in [0.717, 1.165) is 15.6 Å². The maximum Gasteiger partial charge on any atom is 0.333 e. The summed E-state index contributed by atoms with van der Waals surface area (Å²) < 4.78 is 48.2. The first-order chi connectivity index (χ1) is 17.0. The molecule has 1 aliphatic rings. The van der Waals surface area contributed by atoms with Crippen LogP contribution >= 0.6 is 15.9 Å². The van der Waals surface area contributed by atoms with Gasteiger partial charge in [-0.15, -0.1) is 0 Å². The number of carbonyl (C=O) groups excluding carboxylic acids is 1. The van der Waals surface area contributed by atoms with Crippen LogP contribution in [0.5, 0.6) is 0 Å². The molecule has 192 valence electrons. The zero-order valence-electron chi connectivity index (χ0n) is 19.3. The Hall–Kier alpha value is -2.51. The molecule has 0 radical (unpaired) electrons. The topological polar surface area (TPSA) is 146 Å². The Morgan fingerprint density at radius 1 is 1.33 bits per heavy atom. The second-order valence-corrected chi connectivity index (χ2v) is 11.0. The molecule has 0 bridgehead atoms. The molecule has 1 fully saturated rings. The maximum absolute atomic E-state index is 14.8. The highest BCUT2D eigenvalue weighted by molar-refractivity contribution is 9.10. The third-order valence-electron chi connectivity index (χ3n) is 6.33. The first kappa shape index (κ1) is 26.6. The lowest BCUT2D eigenvalue weighted by atomic mass is 9.95. The molecular weight excluding hydrogens is 557 g/mol. The van der Waals surface area contributed by atoms with Crippen LogP contribution in [0.2, 0.25) is 0 Å². The summed E-state index contributed by atoms with van der Waals surface area (Å²) in [5.74, 6) is -1.18. The van der Waals surface area contributed by atoms with Crippen molar-refractivity contribution >= 4 is 32.0 Å². The van der Waals surface area contributed by atoms with Crippen molar-refractivity contribution in [3.8, 4) is 0 Å². The van der Waals surface area contributed by atoms with E-state index >= 15 is 0 Å². The fraction of sp³-hybridized carbons (Fsp3) is 0.375. The molecule has 3 aromatic rings. The minimum atomic E-state index is -4.21. The highest BCUT2D eigenvalue weighted by atomic mass is 79.9. The largest absolute Gasteiger partial charge is 0.458 e. The molecule has 1 saturated carbocycles. The second kappa shape index (κ2) is 10.9. The Bertz CT molecular complexity index is 1370. The van der Waals surface area contributed by atoms with E-state index in [1.54, 1.807) is 13.0 Å². The Labute approximate surface area is 216 Å². The summed E-state index contributed by atoms with van der Waals surface area (Å²) in [6.45, 7) is 1.35. The first-order valence-corrected chi connectivity index (χ1v) is 13.4. The fourth-order valence-electron chi connectivity index (χ4n) is 4.50. The molecule has 36 heavy (non-hydrogen) atoms. The van der Waals surface area contributed by atoms with E-state index in [9.17, 15) is 22.7 Å². The number of nitrogens with zero attached hydrogens (tertiary/aromatic N) is 2. The Balaban J connectivity index is 1.51. The van der Waals surface area contributed by atoms with Crippen LogP contribution in [-0.4, -0.2) is 48.2 Å². The highest BCUT2D eigenvalue weighted by Gasteiger charge is 2.43. The lowest BCUT2D eigenvalue weighted by Gasteiger charge is -2.15. The van der Waals surface area contributed by atoms with Gasteiger partial charge in [-0.25, -0.2) is 19.5 Å². The number of aliphatic hydroxyl groups is 1. The molecule has 0 amide bonds. The molecular formula is C24H25BrFN3O6S. The fourth-order valence-corrected chi connectivity index (χ4v) is 5.32. The van der Waals surface area contributed by atoms with Crippen LogP contribution in [0.1, 0.15) is 45.1 Å². The molecule has 0 spiro atoms. The van der Waals surface area contributed by atoms with Gasteiger partial charge in [0.2, 0.25) is 5.78 Å². The molecule has 9 nitrogen and oxygen atoms in total. The van der Waals surface area contributed by atoms with Gasteiger partial charge in [0, 0.05) is 23.0 Å². The van der Waals surface area contributed by atoms with Crippen LogP contribution in [0.4, 0.5) is 4.39 Å². The number of hydrogen-bond acceptors (Lipinski definition) is 8. The predicted octanol–water partition coefficient (Wildman–Crippen LogP) is 3.06. The van der Waals surface area contributed by atoms with Gasteiger partial charge in [0.1, 0.15) is 18.3 Å². The summed E-state index contributed by atoms with van der Waals surface area (Å²) in [6.07, 6.45) is 0.288. The molecule has 2 heterocycles. The smallest absolute Gasteiger partial charge is 0.333 e. The molecule has 1 aromatic carbocycles. The summed E-state index contributed by atoms with van der Waals surface area (Å²) in [5.41, 5.74) is 2.39. The van der Waals surface area contributed by atoms with E-state index in [0.29, 0.717) is 17.9 Å². The number of aromatic nitrogens is 2. The number of halogens is 2. The van der Waals surface area contributed by atoms with Crippen LogP contribution < -0.4 is 5.14 Å². The number of hydrogen-bond donors (Lipinski definition) is 2. The van der Waals surface area contributed by atoms with Gasteiger partial charge < -0.3 is 9.52 Å². The Morgan fingerprint density at radius 2 is 2.11 bits per heavy atom. The van der Waals surface area contributed by atoms with E-state index in [-0.39, 0.29) is 24.2 Å². The van der Waals surface area contributed by atoms with Gasteiger partial charge in [-0.1, -0.05) is 28.1 Å². The zero-order valence-corrected chi connectivity index (χ0v) is 21.7. The predicted molar refractivity (Wildman–Crippen MR) is 131 cm³/mol. The Kier molecular flexibility index (Phi) is 8.00. The number of aliphatic hydroxyl groups excluding tert-OH is 1. The molecule has 0 saturated heterocycles. The zero-order chi connectivity index (χ0) is 26.0. The monoisotopic (exact) mass is 581 g/mol. The van der Waals surface area contributed by atoms with Gasteiger partial charge in [0.05, 0.1) is 24.0 Å². The standard InChI is InChI=1S/C24H25BrFN3O6S/c1-13-15(5-14-3-2-4-18(25)6-14)9-21(35-13)24(31)19-10-28-12-29-20(19)8-16-7-17(23(30)22(16)26)11-34-36(27,32)33/h2-4,6,9-10,12,16-17,22-23,30H,5,7-8,11H2,1H3,(H2,27,32,33)/t16-,17+,22+,23+/m0/s1. The number of alkyl halides is 1. The lowest BCUT2D eigenvalue weighted by molar-refractivity contribution is 0.0438. The number of benzene rings is 1. The average Bonchev–Trinajstić information content (AvgIpc) is 3.31. The molecule has 3 N–H and O–H groups in total. The minimum Gasteiger partial charge on any atom is -0.458 e. The molecule has 4 rings (SSSR count). The number of nitrogens with two attached hydrogens (primary N) is 1. The van der Waals surface area contributed by atoms with Crippen LogP contribution in [-0.2, 0) is 27.3 Å². The van der Waals surface area contributed by atoms with Gasteiger partial charge in [0.15, 0.2) is 5.76 Å². The molecule has 2 aromatic heterocycles. The maximum atomic E-state index is 14.8. The number of rotatable bonds is 9. The van der Waals surface area contributed by atoms with Crippen molar-refractivity contribution in [2.24, 2.45) is 17.0 Å². The molecule has 4 atom stereocenters. The number of carbonyl (C=O) groups is 1. The van der Waals surface area contributed by atoms with Crippen LogP contribution in [0.15, 0.2) is 51.7 Å². The lowest BCUT2D eigenvalue weighted by Crippen LogP contribution is -2.29. The molecule has 0 unspecified atom stereocenters. The van der Waals surface area contributed by atoms with Crippen molar-refractivity contribution < 1.29 is 31.3 Å². The summed E-state index contributed by atoms with van der Waals surface area (Å²) in [6, 6.07) is 9.51. The van der Waals surface area contributed by atoms with Crippen molar-refractivity contribution in [2.45, 2.75) is 38.5 Å². The molecule has 12 heteroatoms. The normalized spacial score (nSPS) is 22.1. The van der Waals surface area contributed by atoms with Crippen molar-refractivity contribution in [3.63, 3.8) is 0 Å². The van der Waals surface area contributed by atoms with E-state index in [1.165, 1.54) is 12.5 Å². The third-order valence-corrected chi connectivity index (χ3v) is 7.29. The summed E-state index contributed by atoms with van der Waals surface area (Å²) in [7, 11) is -4.21. The first-order valence-electron chi connectivity index (χ1n) is 11.2. The van der Waals surface area contributed by atoms with E-state index in [1.807, 2.05) is 24.3 Å². The number of furan rings is 1. The van der Waals surface area contributed by atoms with Crippen molar-refractivity contribution in [1.82, 2.24) is 9.97 Å². The van der Waals surface area contributed by atoms with Gasteiger partial charge in [-0.05, 0) is 55.0 Å². The van der Waals surface area contributed by atoms with Gasteiger partial charge in [-0.3, -0.25) is 8.98 Å². The SMILES string of the molecule is Cc1oc(C(=O)c2cncnc2C[C@@H]2C[C@H](COS(N)(=O)=O)[C@@H](O)[C@@H]2F)cc1Cc1cccc(Br)c1. The second-order valence-electron chi connectivity index (χ2n) is 8.88. The third kappa shape index (κ3) is 6.24. The van der Waals surface area contributed by atoms with Crippen LogP contribution in [0.3, 0.4) is 0 Å². The molecule has 1 aliphatic carbocycles. The van der Waals surface area contributed by atoms with Crippen LogP contribution in [0.25, 0.3) is 0 Å². The van der Waals surface area contributed by atoms with E-state index in [2.05, 4.69) is 30.1 Å². The highest BCUT2D eigenvalue weighted by Crippen LogP contribution is 2.37. The average molecular weight is 582 g/mol. The summed E-state index contributed by atoms with van der Waals surface area (Å²) in [4.78, 5) is 21.5. The van der Waals surface area contributed by atoms with E-state index < -0.39 is 46.8 Å². The van der Waals surface area contributed by atoms with Crippen molar-refractivity contribution in [1.29, 1.82) is 0 Å². The minimum absolute atomic E-state index is 0.0400. The van der Waals surface area contributed by atoms with Gasteiger partial charge in [-0.2, -0.15) is 8.42 Å².